The summed E-state index contributed by atoms with van der Waals surface area (Å²) >= 11 is 0. The molecule has 4 nitrogen and oxygen atoms in total. The van der Waals surface area contributed by atoms with Crippen molar-refractivity contribution >= 4 is 22.7 Å². The normalized spacial score (nSPS) is 10.9. The van der Waals surface area contributed by atoms with Crippen molar-refractivity contribution in [3.05, 3.63) is 107 Å². The lowest BCUT2D eigenvalue weighted by Crippen LogP contribution is -2.15. The Labute approximate surface area is 169 Å². The number of hydrogen-bond donors (Lipinski definition) is 1. The Morgan fingerprint density at radius 1 is 0.724 bits per heavy atom. The predicted molar refractivity (Wildman–Crippen MR) is 113 cm³/mol. The molecule has 0 fully saturated rings. The number of Topliss-reactive ketones (excluding diaryl/α,β-unsaturated/α-hetero) is 1. The number of carbonyl (C=O) groups excluding carboxylic acids is 1. The van der Waals surface area contributed by atoms with E-state index in [0.29, 0.717) is 17.8 Å². The smallest absolute Gasteiger partial charge is 0.307 e. The predicted octanol–water partition coefficient (Wildman–Crippen LogP) is 4.74. The van der Waals surface area contributed by atoms with E-state index < -0.39 is 5.97 Å². The highest BCUT2D eigenvalue weighted by Crippen LogP contribution is 2.29. The summed E-state index contributed by atoms with van der Waals surface area (Å²) in [6, 6.07) is 27.1. The standard InChI is InChI=1S/C25H21NO3/c27-23(15-18-9-3-1-4-10-18)25-21(16-24(28)29)20-13-7-8-14-22(20)26(25)17-19-11-5-2-6-12-19/h1-14H,15-17H2,(H,28,29). The Balaban J connectivity index is 1.87. The van der Waals surface area contributed by atoms with E-state index in [1.165, 1.54) is 0 Å². The van der Waals surface area contributed by atoms with E-state index in [1.807, 2.05) is 89.5 Å². The zero-order valence-corrected chi connectivity index (χ0v) is 15.9. The van der Waals surface area contributed by atoms with E-state index in [4.69, 9.17) is 0 Å². The third-order valence-corrected chi connectivity index (χ3v) is 5.06. The van der Waals surface area contributed by atoms with Gasteiger partial charge in [0.2, 0.25) is 0 Å². The molecule has 144 valence electrons. The molecule has 1 heterocycles. The van der Waals surface area contributed by atoms with Gasteiger partial charge in [-0.3, -0.25) is 9.59 Å². The molecule has 4 aromatic rings. The van der Waals surface area contributed by atoms with Crippen LogP contribution in [0.4, 0.5) is 0 Å². The van der Waals surface area contributed by atoms with Crippen LogP contribution in [0.1, 0.15) is 27.2 Å². The van der Waals surface area contributed by atoms with Crippen LogP contribution in [0.2, 0.25) is 0 Å². The Morgan fingerprint density at radius 2 is 1.31 bits per heavy atom. The second-order valence-electron chi connectivity index (χ2n) is 7.07. The lowest BCUT2D eigenvalue weighted by Gasteiger charge is -2.12. The highest BCUT2D eigenvalue weighted by molar-refractivity contribution is 6.05. The fraction of sp³-hybridized carbons (Fsp3) is 0.120. The largest absolute Gasteiger partial charge is 0.481 e. The maximum Gasteiger partial charge on any atom is 0.307 e. The van der Waals surface area contributed by atoms with E-state index in [1.54, 1.807) is 0 Å². The maximum atomic E-state index is 13.4. The molecular weight excluding hydrogens is 362 g/mol. The molecule has 0 unspecified atom stereocenters. The van der Waals surface area contributed by atoms with Crippen LogP contribution in [-0.2, 0) is 24.2 Å². The minimum absolute atomic E-state index is 0.0698. The fourth-order valence-corrected chi connectivity index (χ4v) is 3.82. The van der Waals surface area contributed by atoms with Gasteiger partial charge in [-0.25, -0.2) is 0 Å². The van der Waals surface area contributed by atoms with Gasteiger partial charge in [0.1, 0.15) is 0 Å². The number of aromatic nitrogens is 1. The number of ketones is 1. The first kappa shape index (κ1) is 18.7. The van der Waals surface area contributed by atoms with Crippen molar-refractivity contribution in [3.63, 3.8) is 0 Å². The number of carbonyl (C=O) groups is 2. The lowest BCUT2D eigenvalue weighted by molar-refractivity contribution is -0.136. The van der Waals surface area contributed by atoms with E-state index >= 15 is 0 Å². The number of fused-ring (bicyclic) bond motifs is 1. The molecule has 0 saturated heterocycles. The van der Waals surface area contributed by atoms with Crippen LogP contribution in [0.3, 0.4) is 0 Å². The number of nitrogens with zero attached hydrogens (tertiary/aromatic N) is 1. The van der Waals surface area contributed by atoms with Gasteiger partial charge in [0.25, 0.3) is 0 Å². The van der Waals surface area contributed by atoms with E-state index in [-0.39, 0.29) is 18.6 Å². The molecule has 0 atom stereocenters. The summed E-state index contributed by atoms with van der Waals surface area (Å²) in [5.41, 5.74) is 3.93. The van der Waals surface area contributed by atoms with Crippen molar-refractivity contribution < 1.29 is 14.7 Å². The summed E-state index contributed by atoms with van der Waals surface area (Å²) < 4.78 is 1.97. The van der Waals surface area contributed by atoms with Crippen molar-refractivity contribution in [2.75, 3.05) is 0 Å². The number of rotatable bonds is 7. The SMILES string of the molecule is O=C(O)Cc1c(C(=O)Cc2ccccc2)n(Cc2ccccc2)c2ccccc12. The highest BCUT2D eigenvalue weighted by Gasteiger charge is 2.24. The summed E-state index contributed by atoms with van der Waals surface area (Å²) in [7, 11) is 0. The summed E-state index contributed by atoms with van der Waals surface area (Å²) in [6.45, 7) is 0.511. The Hall–Kier alpha value is -3.66. The molecule has 0 saturated carbocycles. The molecule has 4 heteroatoms. The summed E-state index contributed by atoms with van der Waals surface area (Å²) in [5, 5.41) is 10.3. The van der Waals surface area contributed by atoms with Gasteiger partial charge in [0, 0.05) is 23.9 Å². The van der Waals surface area contributed by atoms with E-state index in [9.17, 15) is 14.7 Å². The van der Waals surface area contributed by atoms with Crippen LogP contribution in [0.15, 0.2) is 84.9 Å². The highest BCUT2D eigenvalue weighted by atomic mass is 16.4. The second-order valence-corrected chi connectivity index (χ2v) is 7.07. The number of carboxylic acids is 1. The topological polar surface area (TPSA) is 59.3 Å². The van der Waals surface area contributed by atoms with Crippen LogP contribution in [0.5, 0.6) is 0 Å². The Bertz CT molecular complexity index is 1160. The number of benzene rings is 3. The fourth-order valence-electron chi connectivity index (χ4n) is 3.82. The molecular formula is C25H21NO3. The molecule has 0 aliphatic rings. The van der Waals surface area contributed by atoms with Gasteiger partial charge in [0.05, 0.1) is 12.1 Å². The molecule has 0 bridgehead atoms. The van der Waals surface area contributed by atoms with E-state index in [0.717, 1.165) is 22.0 Å². The molecule has 29 heavy (non-hydrogen) atoms. The summed E-state index contributed by atoms with van der Waals surface area (Å²) in [6.07, 6.45) is 0.0523. The van der Waals surface area contributed by atoms with Gasteiger partial charge in [-0.1, -0.05) is 78.9 Å². The average Bonchev–Trinajstić information content (AvgIpc) is 3.02. The molecule has 1 N–H and O–H groups in total. The summed E-state index contributed by atoms with van der Waals surface area (Å²) in [5.74, 6) is -1.01. The van der Waals surface area contributed by atoms with Gasteiger partial charge in [-0.05, 0) is 22.8 Å². The van der Waals surface area contributed by atoms with E-state index in [2.05, 4.69) is 0 Å². The van der Waals surface area contributed by atoms with Crippen LogP contribution in [0.25, 0.3) is 10.9 Å². The first-order chi connectivity index (χ1) is 14.1. The van der Waals surface area contributed by atoms with Crippen molar-refractivity contribution in [3.8, 4) is 0 Å². The quantitative estimate of drug-likeness (QED) is 0.469. The number of hydrogen-bond acceptors (Lipinski definition) is 2. The van der Waals surface area contributed by atoms with Gasteiger partial charge < -0.3 is 9.67 Å². The third kappa shape index (κ3) is 3.97. The minimum atomic E-state index is -0.943. The third-order valence-electron chi connectivity index (χ3n) is 5.06. The van der Waals surface area contributed by atoms with Crippen LogP contribution >= 0.6 is 0 Å². The van der Waals surface area contributed by atoms with Crippen molar-refractivity contribution in [1.29, 1.82) is 0 Å². The van der Waals surface area contributed by atoms with Crippen LogP contribution in [0, 0.1) is 0 Å². The maximum absolute atomic E-state index is 13.4. The molecule has 0 spiro atoms. The van der Waals surface area contributed by atoms with Crippen molar-refractivity contribution in [1.82, 2.24) is 4.57 Å². The first-order valence-electron chi connectivity index (χ1n) is 9.56. The molecule has 0 radical (unpaired) electrons. The van der Waals surface area contributed by atoms with Gasteiger partial charge in [0.15, 0.2) is 5.78 Å². The van der Waals surface area contributed by atoms with Gasteiger partial charge >= 0.3 is 5.97 Å². The minimum Gasteiger partial charge on any atom is -0.481 e. The number of para-hydroxylation sites is 1. The van der Waals surface area contributed by atoms with Crippen molar-refractivity contribution in [2.24, 2.45) is 0 Å². The molecule has 3 aromatic carbocycles. The average molecular weight is 383 g/mol. The summed E-state index contributed by atoms with van der Waals surface area (Å²) in [4.78, 5) is 25.0. The van der Waals surface area contributed by atoms with Crippen LogP contribution < -0.4 is 0 Å². The van der Waals surface area contributed by atoms with Crippen LogP contribution in [-0.4, -0.2) is 21.4 Å². The second kappa shape index (κ2) is 8.15. The zero-order chi connectivity index (χ0) is 20.2. The lowest BCUT2D eigenvalue weighted by atomic mass is 10.0. The first-order valence-corrected chi connectivity index (χ1v) is 9.56. The van der Waals surface area contributed by atoms with Gasteiger partial charge in [-0.15, -0.1) is 0 Å². The molecule has 4 rings (SSSR count). The van der Waals surface area contributed by atoms with Crippen molar-refractivity contribution in [2.45, 2.75) is 19.4 Å². The monoisotopic (exact) mass is 383 g/mol. The molecule has 0 amide bonds. The Morgan fingerprint density at radius 3 is 1.97 bits per heavy atom. The number of carboxylic acid groups (broad SMARTS) is 1. The molecule has 1 aromatic heterocycles. The Kier molecular flexibility index (Phi) is 5.25. The molecule has 0 aliphatic carbocycles. The van der Waals surface area contributed by atoms with Gasteiger partial charge in [-0.2, -0.15) is 0 Å². The number of aliphatic carboxylic acids is 1. The zero-order valence-electron chi connectivity index (χ0n) is 15.9. The molecule has 0 aliphatic heterocycles.